The number of allylic oxidation sites excluding steroid dienone is 4. The predicted molar refractivity (Wildman–Crippen MR) is 156 cm³/mol. The van der Waals surface area contributed by atoms with Gasteiger partial charge in [0.05, 0.1) is 0 Å². The van der Waals surface area contributed by atoms with Gasteiger partial charge in [-0.05, 0) is 65.2 Å². The lowest BCUT2D eigenvalue weighted by molar-refractivity contribution is 0.285. The lowest BCUT2D eigenvalue weighted by Gasteiger charge is -2.39. The number of benzene rings is 1. The predicted octanol–water partition coefficient (Wildman–Crippen LogP) is 9.04. The highest BCUT2D eigenvalue weighted by Gasteiger charge is 2.34. The molecule has 34 heavy (non-hydrogen) atoms. The molecule has 5 atom stereocenters. The van der Waals surface area contributed by atoms with Crippen LogP contribution in [0.25, 0.3) is 6.08 Å². The van der Waals surface area contributed by atoms with E-state index in [-0.39, 0.29) is 12.0 Å². The Balaban J connectivity index is 0.000000710. The first kappa shape index (κ1) is 32.2. The Morgan fingerprint density at radius 1 is 1.24 bits per heavy atom. The Morgan fingerprint density at radius 2 is 1.88 bits per heavy atom. The van der Waals surface area contributed by atoms with E-state index in [4.69, 9.17) is 5.73 Å². The van der Waals surface area contributed by atoms with Crippen LogP contribution in [0.1, 0.15) is 83.4 Å². The van der Waals surface area contributed by atoms with Gasteiger partial charge in [0.1, 0.15) is 6.17 Å². The Labute approximate surface area is 215 Å². The molecule has 2 N–H and O–H groups in total. The summed E-state index contributed by atoms with van der Waals surface area (Å²) >= 11 is 3.83. The Hall–Kier alpha value is -1.84. The fraction of sp³-hybridized carbons (Fsp3) is 0.516. The highest BCUT2D eigenvalue weighted by molar-refractivity contribution is 7.77. The highest BCUT2D eigenvalue weighted by atomic mass is 32.1. The molecule has 0 radical (unpaired) electrons. The van der Waals surface area contributed by atoms with E-state index in [0.717, 1.165) is 6.42 Å². The lowest BCUT2D eigenvalue weighted by atomic mass is 9.67. The molecule has 1 nitrogen and oxygen atoms in total. The molecule has 3 rings (SSSR count). The van der Waals surface area contributed by atoms with Crippen LogP contribution >= 0.6 is 12.2 Å². The van der Waals surface area contributed by atoms with Gasteiger partial charge in [-0.25, -0.2) is 4.39 Å². The van der Waals surface area contributed by atoms with Gasteiger partial charge in [0.2, 0.25) is 0 Å². The maximum Gasteiger partial charge on any atom is 0.139 e. The van der Waals surface area contributed by atoms with Gasteiger partial charge in [-0.2, -0.15) is 0 Å². The summed E-state index contributed by atoms with van der Waals surface area (Å²) in [5, 5.41) is 0. The molecule has 0 saturated heterocycles. The second-order valence-corrected chi connectivity index (χ2v) is 9.02. The molecule has 0 bridgehead atoms. The zero-order chi connectivity index (χ0) is 26.3. The van der Waals surface area contributed by atoms with Gasteiger partial charge < -0.3 is 5.73 Å². The molecule has 1 aromatic carbocycles. The fourth-order valence-electron chi connectivity index (χ4n) is 4.68. The largest absolute Gasteiger partial charge is 0.324 e. The van der Waals surface area contributed by atoms with Gasteiger partial charge in [0.25, 0.3) is 0 Å². The summed E-state index contributed by atoms with van der Waals surface area (Å²) in [6.45, 7) is 19.4. The van der Waals surface area contributed by atoms with Crippen molar-refractivity contribution in [2.45, 2.75) is 85.4 Å². The summed E-state index contributed by atoms with van der Waals surface area (Å²) in [6.07, 6.45) is 14.2. The first-order valence-electron chi connectivity index (χ1n) is 12.8. The van der Waals surface area contributed by atoms with Crippen molar-refractivity contribution in [1.29, 1.82) is 0 Å². The molecular weight excluding hydrogens is 437 g/mol. The Bertz CT molecular complexity index is 795. The molecule has 0 heterocycles. The smallest absolute Gasteiger partial charge is 0.139 e. The summed E-state index contributed by atoms with van der Waals surface area (Å²) in [5.74, 6) is 4.82. The molecule has 0 amide bonds. The van der Waals surface area contributed by atoms with Gasteiger partial charge in [0, 0.05) is 12.0 Å². The molecule has 190 valence electrons. The first-order chi connectivity index (χ1) is 16.3. The number of thiocarbonyl (C=S) groups is 1. The SMILES string of the molecule is C=CC(F)C(=C)C(C)C.C=S.CC.CCCC1C(C)C=CC(N)C1c1cccc2c1CCC=C2. The number of hydrogen-bond donors (Lipinski definition) is 1. The van der Waals surface area contributed by atoms with Crippen LogP contribution in [0.4, 0.5) is 4.39 Å². The van der Waals surface area contributed by atoms with E-state index in [1.807, 2.05) is 27.7 Å². The average molecular weight is 486 g/mol. The van der Waals surface area contributed by atoms with Gasteiger partial charge in [-0.1, -0.05) is 122 Å². The molecule has 0 spiro atoms. The minimum atomic E-state index is -1.04. The number of hydrogen-bond acceptors (Lipinski definition) is 2. The lowest BCUT2D eigenvalue weighted by Crippen LogP contribution is -2.38. The molecule has 0 aliphatic heterocycles. The maximum atomic E-state index is 12.6. The third-order valence-corrected chi connectivity index (χ3v) is 6.58. The molecular formula is C31H48FNS. The summed E-state index contributed by atoms with van der Waals surface area (Å²) in [7, 11) is 0. The molecule has 2 aliphatic rings. The van der Waals surface area contributed by atoms with Crippen LogP contribution in [0.3, 0.4) is 0 Å². The van der Waals surface area contributed by atoms with E-state index in [1.165, 1.54) is 36.5 Å². The van der Waals surface area contributed by atoms with Crippen molar-refractivity contribution in [3.8, 4) is 0 Å². The van der Waals surface area contributed by atoms with E-state index in [9.17, 15) is 4.39 Å². The summed E-state index contributed by atoms with van der Waals surface area (Å²) < 4.78 is 12.6. The second kappa shape index (κ2) is 17.6. The van der Waals surface area contributed by atoms with Gasteiger partial charge in [0.15, 0.2) is 0 Å². The average Bonchev–Trinajstić information content (AvgIpc) is 2.88. The zero-order valence-electron chi connectivity index (χ0n) is 22.4. The molecule has 1 aromatic rings. The number of nitrogens with two attached hydrogens (primary N) is 1. The van der Waals surface area contributed by atoms with Crippen LogP contribution in [0.15, 0.2) is 61.2 Å². The van der Waals surface area contributed by atoms with Crippen LogP contribution in [0.2, 0.25) is 0 Å². The zero-order valence-corrected chi connectivity index (χ0v) is 23.2. The van der Waals surface area contributed by atoms with Crippen molar-refractivity contribution < 1.29 is 4.39 Å². The maximum absolute atomic E-state index is 12.6. The molecule has 0 saturated carbocycles. The summed E-state index contributed by atoms with van der Waals surface area (Å²) in [5.41, 5.74) is 11.6. The van der Waals surface area contributed by atoms with Crippen molar-refractivity contribution >= 4 is 24.2 Å². The summed E-state index contributed by atoms with van der Waals surface area (Å²) in [6, 6.07) is 6.95. The third-order valence-electron chi connectivity index (χ3n) is 6.58. The standard InChI is InChI=1S/C20H27N.C8H13F.C2H6.CH2S/c1-3-7-16-14(2)12-13-19(21)20(16)18-11-6-9-15-8-4-5-10-17(15)18;1-5-8(9)7(4)6(2)3;2*1-2/h4,6,8-9,11-14,16,19-20H,3,5,7,10,21H2,1-2H3;5-6,8H,1,4H2,2-3H3;1-2H3;1H2. The third kappa shape index (κ3) is 9.07. The van der Waals surface area contributed by atoms with Crippen molar-refractivity contribution in [2.24, 2.45) is 23.5 Å². The number of fused-ring (bicyclic) bond motifs is 1. The minimum absolute atomic E-state index is 0.162. The Kier molecular flexibility index (Phi) is 16.6. The highest BCUT2D eigenvalue weighted by Crippen LogP contribution is 2.42. The first-order valence-corrected chi connectivity index (χ1v) is 13.4. The van der Waals surface area contributed by atoms with Crippen molar-refractivity contribution in [1.82, 2.24) is 0 Å². The van der Waals surface area contributed by atoms with Crippen LogP contribution < -0.4 is 5.73 Å². The Morgan fingerprint density at radius 3 is 2.41 bits per heavy atom. The summed E-state index contributed by atoms with van der Waals surface area (Å²) in [4.78, 5) is 0. The van der Waals surface area contributed by atoms with E-state index in [1.54, 1.807) is 5.56 Å². The van der Waals surface area contributed by atoms with Crippen molar-refractivity contribution in [3.63, 3.8) is 0 Å². The number of halogens is 1. The normalized spacial score (nSPS) is 23.1. The van der Waals surface area contributed by atoms with E-state index in [0.29, 0.717) is 23.3 Å². The molecule has 3 heteroatoms. The van der Waals surface area contributed by atoms with Crippen LogP contribution in [-0.2, 0) is 6.42 Å². The van der Waals surface area contributed by atoms with Crippen LogP contribution in [0, 0.1) is 17.8 Å². The van der Waals surface area contributed by atoms with Gasteiger partial charge in [-0.3, -0.25) is 0 Å². The van der Waals surface area contributed by atoms with Crippen LogP contribution in [-0.4, -0.2) is 18.1 Å². The molecule has 5 unspecified atom stereocenters. The van der Waals surface area contributed by atoms with Crippen LogP contribution in [0.5, 0.6) is 0 Å². The van der Waals surface area contributed by atoms with Crippen molar-refractivity contribution in [2.75, 3.05) is 0 Å². The number of alkyl halides is 1. The molecule has 0 fully saturated rings. The molecule has 0 aromatic heterocycles. The van der Waals surface area contributed by atoms with E-state index < -0.39 is 6.17 Å². The molecule has 2 aliphatic carbocycles. The van der Waals surface area contributed by atoms with E-state index >= 15 is 0 Å². The van der Waals surface area contributed by atoms with Gasteiger partial charge >= 0.3 is 0 Å². The minimum Gasteiger partial charge on any atom is -0.324 e. The van der Waals surface area contributed by atoms with Gasteiger partial charge in [-0.15, -0.1) is 0 Å². The quantitative estimate of drug-likeness (QED) is 0.321. The fourth-order valence-corrected chi connectivity index (χ4v) is 4.68. The number of rotatable bonds is 6. The topological polar surface area (TPSA) is 26.0 Å². The van der Waals surface area contributed by atoms with Crippen molar-refractivity contribution in [3.05, 3.63) is 77.9 Å². The second-order valence-electron chi connectivity index (χ2n) is 9.02. The monoisotopic (exact) mass is 485 g/mol. The van der Waals surface area contributed by atoms with E-state index in [2.05, 4.69) is 87.6 Å².